The minimum Gasteiger partial charge on any atom is -0.398 e. The number of hydrogen-bond donors (Lipinski definition) is 3. The molecule has 1 heterocycles. The van der Waals surface area contributed by atoms with E-state index in [2.05, 4.69) is 10.3 Å². The Morgan fingerprint density at radius 1 is 1.00 bits per heavy atom. The lowest BCUT2D eigenvalue weighted by Crippen LogP contribution is -2.30. The van der Waals surface area contributed by atoms with Crippen molar-refractivity contribution in [3.8, 4) is 0 Å². The molecule has 0 unspecified atom stereocenters. The first-order chi connectivity index (χ1) is 16.8. The average molecular weight is 472 g/mol. The van der Waals surface area contributed by atoms with Crippen LogP contribution in [0.15, 0.2) is 60.9 Å². The first-order valence-corrected chi connectivity index (χ1v) is 11.8. The number of nitrogens with one attached hydrogen (secondary N) is 2. The Morgan fingerprint density at radius 2 is 1.71 bits per heavy atom. The van der Waals surface area contributed by atoms with Gasteiger partial charge in [0.1, 0.15) is 0 Å². The molecule has 3 aromatic rings. The Labute approximate surface area is 206 Å². The van der Waals surface area contributed by atoms with Crippen LogP contribution in [0.3, 0.4) is 0 Å². The fraction of sp³-hybridized carbons (Fsp3) is 0.286. The zero-order valence-electron chi connectivity index (χ0n) is 20.6. The molecule has 0 atom stereocenters. The number of nitrogen functional groups attached to an aromatic ring is 1. The summed E-state index contributed by atoms with van der Waals surface area (Å²) in [6.45, 7) is 7.16. The van der Waals surface area contributed by atoms with E-state index in [1.807, 2.05) is 68.1 Å². The van der Waals surface area contributed by atoms with Crippen molar-refractivity contribution in [3.63, 3.8) is 0 Å². The lowest BCUT2D eigenvalue weighted by molar-refractivity contribution is -0.131. The number of rotatable bonds is 10. The molecule has 182 valence electrons. The predicted molar refractivity (Wildman–Crippen MR) is 140 cm³/mol. The molecule has 0 spiro atoms. The smallest absolute Gasteiger partial charge is 0.253 e. The number of nitrogens with zero attached hydrogens (tertiary/aromatic N) is 2. The summed E-state index contributed by atoms with van der Waals surface area (Å²) in [5.41, 5.74) is 11.9. The molecule has 0 bridgehead atoms. The van der Waals surface area contributed by atoms with Crippen LogP contribution in [0.2, 0.25) is 0 Å². The molecule has 0 saturated heterocycles. The summed E-state index contributed by atoms with van der Waals surface area (Å²) in [5.74, 6) is -0.138. The molecule has 2 aromatic carbocycles. The molecule has 1 aromatic heterocycles. The van der Waals surface area contributed by atoms with Crippen molar-refractivity contribution in [1.29, 1.82) is 5.41 Å². The Kier molecular flexibility index (Phi) is 8.73. The number of amides is 2. The maximum Gasteiger partial charge on any atom is 0.253 e. The molecule has 0 fully saturated rings. The summed E-state index contributed by atoms with van der Waals surface area (Å²) in [6.07, 6.45) is 4.41. The molecule has 0 aliphatic carbocycles. The molecular formula is C28H33N5O2. The van der Waals surface area contributed by atoms with Gasteiger partial charge in [-0.15, -0.1) is 0 Å². The molecule has 3 rings (SSSR count). The second-order valence-electron chi connectivity index (χ2n) is 8.59. The second-order valence-corrected chi connectivity index (χ2v) is 8.59. The highest BCUT2D eigenvalue weighted by Gasteiger charge is 2.12. The van der Waals surface area contributed by atoms with Crippen molar-refractivity contribution >= 4 is 23.2 Å². The fourth-order valence-electron chi connectivity index (χ4n) is 3.82. The highest BCUT2D eigenvalue weighted by molar-refractivity contribution is 6.06. The van der Waals surface area contributed by atoms with Crippen LogP contribution in [-0.2, 0) is 17.8 Å². The predicted octanol–water partition coefficient (Wildman–Crippen LogP) is 4.12. The first-order valence-electron chi connectivity index (χ1n) is 11.8. The Morgan fingerprint density at radius 3 is 2.40 bits per heavy atom. The van der Waals surface area contributed by atoms with Crippen LogP contribution in [0.1, 0.15) is 58.4 Å². The summed E-state index contributed by atoms with van der Waals surface area (Å²) in [6, 6.07) is 15.5. The van der Waals surface area contributed by atoms with Gasteiger partial charge in [-0.2, -0.15) is 0 Å². The first kappa shape index (κ1) is 25.6. The second kappa shape index (κ2) is 11.9. The summed E-state index contributed by atoms with van der Waals surface area (Å²) in [4.78, 5) is 30.7. The van der Waals surface area contributed by atoms with Crippen molar-refractivity contribution in [2.45, 2.75) is 40.2 Å². The molecular weight excluding hydrogens is 438 g/mol. The SMILES string of the molecule is CCC(=O)N(CC)Cc1ccc(Cc2cncc(C(=O)NCC(=N)c3cc(C)ccc3N)c2)cc1. The molecule has 2 amide bonds. The summed E-state index contributed by atoms with van der Waals surface area (Å²) >= 11 is 0. The minimum absolute atomic E-state index is 0.0769. The largest absolute Gasteiger partial charge is 0.398 e. The van der Waals surface area contributed by atoms with E-state index in [9.17, 15) is 9.59 Å². The van der Waals surface area contributed by atoms with Crippen LogP contribution >= 0.6 is 0 Å². The topological polar surface area (TPSA) is 112 Å². The zero-order valence-corrected chi connectivity index (χ0v) is 20.6. The van der Waals surface area contributed by atoms with Crippen molar-refractivity contribution < 1.29 is 9.59 Å². The lowest BCUT2D eigenvalue weighted by Gasteiger charge is -2.20. The number of aromatic nitrogens is 1. The van der Waals surface area contributed by atoms with Crippen LogP contribution < -0.4 is 11.1 Å². The van der Waals surface area contributed by atoms with Crippen molar-refractivity contribution in [3.05, 3.63) is 94.3 Å². The van der Waals surface area contributed by atoms with E-state index in [1.165, 1.54) is 6.20 Å². The Bertz CT molecular complexity index is 1200. The Balaban J connectivity index is 1.60. The maximum atomic E-state index is 12.7. The van der Waals surface area contributed by atoms with Crippen molar-refractivity contribution in [1.82, 2.24) is 15.2 Å². The number of carbonyl (C=O) groups is 2. The molecule has 0 saturated carbocycles. The molecule has 7 heteroatoms. The van der Waals surface area contributed by atoms with E-state index in [0.29, 0.717) is 42.7 Å². The van der Waals surface area contributed by atoms with Gasteiger partial charge in [0.15, 0.2) is 0 Å². The maximum absolute atomic E-state index is 12.7. The number of benzene rings is 2. The van der Waals surface area contributed by atoms with Crippen molar-refractivity contribution in [2.24, 2.45) is 0 Å². The Hall–Kier alpha value is -4.00. The standard InChI is InChI=1S/C28H33N5O2/c1-4-27(34)33(5-2)18-21-9-7-20(8-10-21)13-22-14-23(16-31-15-22)28(35)32-17-26(30)24-12-19(3)6-11-25(24)29/h6-12,14-16,30H,4-5,13,17-18,29H2,1-3H3,(H,32,35). The monoisotopic (exact) mass is 471 g/mol. The summed E-state index contributed by atoms with van der Waals surface area (Å²) in [5, 5.41) is 11.1. The van der Waals surface area contributed by atoms with Gasteiger partial charge >= 0.3 is 0 Å². The van der Waals surface area contributed by atoms with E-state index in [0.717, 1.165) is 22.3 Å². The van der Waals surface area contributed by atoms with Crippen LogP contribution in [0.5, 0.6) is 0 Å². The third-order valence-electron chi connectivity index (χ3n) is 5.86. The normalized spacial score (nSPS) is 10.6. The number of anilines is 1. The van der Waals surface area contributed by atoms with Gasteiger partial charge in [-0.25, -0.2) is 0 Å². The lowest BCUT2D eigenvalue weighted by atomic mass is 10.0. The quantitative estimate of drug-likeness (QED) is 0.305. The van der Waals surface area contributed by atoms with Gasteiger partial charge in [-0.05, 0) is 55.2 Å². The van der Waals surface area contributed by atoms with Crippen molar-refractivity contribution in [2.75, 3.05) is 18.8 Å². The molecule has 7 nitrogen and oxygen atoms in total. The number of carbonyl (C=O) groups excluding carboxylic acids is 2. The van der Waals surface area contributed by atoms with E-state index >= 15 is 0 Å². The summed E-state index contributed by atoms with van der Waals surface area (Å²) < 4.78 is 0. The van der Waals surface area contributed by atoms with Gasteiger partial charge in [0.25, 0.3) is 5.91 Å². The summed E-state index contributed by atoms with van der Waals surface area (Å²) in [7, 11) is 0. The van der Waals surface area contributed by atoms with Gasteiger partial charge in [-0.1, -0.05) is 42.8 Å². The number of pyridine rings is 1. The molecule has 0 aliphatic rings. The third-order valence-corrected chi connectivity index (χ3v) is 5.86. The van der Waals surface area contributed by atoms with Crippen LogP contribution in [0, 0.1) is 12.3 Å². The number of hydrogen-bond acceptors (Lipinski definition) is 5. The number of aryl methyl sites for hydroxylation is 1. The molecule has 0 radical (unpaired) electrons. The third kappa shape index (κ3) is 6.99. The number of nitrogens with two attached hydrogens (primary N) is 1. The van der Waals surface area contributed by atoms with E-state index in [1.54, 1.807) is 12.3 Å². The van der Waals surface area contributed by atoms with Gasteiger partial charge in [0, 0.05) is 43.2 Å². The van der Waals surface area contributed by atoms with E-state index in [-0.39, 0.29) is 24.1 Å². The molecule has 0 aliphatic heterocycles. The van der Waals surface area contributed by atoms with Gasteiger partial charge in [0.2, 0.25) is 5.91 Å². The highest BCUT2D eigenvalue weighted by atomic mass is 16.2. The van der Waals surface area contributed by atoms with Gasteiger partial charge in [-0.3, -0.25) is 14.6 Å². The van der Waals surface area contributed by atoms with Crippen LogP contribution in [0.4, 0.5) is 5.69 Å². The zero-order chi connectivity index (χ0) is 25.4. The van der Waals surface area contributed by atoms with Gasteiger partial charge in [0.05, 0.1) is 17.8 Å². The average Bonchev–Trinajstić information content (AvgIpc) is 2.87. The van der Waals surface area contributed by atoms with Crippen LogP contribution in [-0.4, -0.2) is 40.5 Å². The highest BCUT2D eigenvalue weighted by Crippen LogP contribution is 2.15. The van der Waals surface area contributed by atoms with E-state index in [4.69, 9.17) is 11.1 Å². The fourth-order valence-corrected chi connectivity index (χ4v) is 3.82. The minimum atomic E-state index is -0.286. The molecule has 4 N–H and O–H groups in total. The van der Waals surface area contributed by atoms with Crippen LogP contribution in [0.25, 0.3) is 0 Å². The molecule has 35 heavy (non-hydrogen) atoms. The van der Waals surface area contributed by atoms with E-state index < -0.39 is 0 Å². The van der Waals surface area contributed by atoms with Gasteiger partial charge < -0.3 is 21.4 Å².